The molecule has 160 valence electrons. The van der Waals surface area contributed by atoms with Gasteiger partial charge >= 0.3 is 11.9 Å². The molecule has 0 N–H and O–H groups in total. The van der Waals surface area contributed by atoms with Gasteiger partial charge < -0.3 is 23.7 Å². The summed E-state index contributed by atoms with van der Waals surface area (Å²) < 4.78 is 27.3. The van der Waals surface area contributed by atoms with Crippen molar-refractivity contribution in [3.8, 4) is 0 Å². The SMILES string of the molecule is CCCC(=O)OCC(C)OCC(C)OCC(C)OCC(C)OC(=O)CCC. The highest BCUT2D eigenvalue weighted by Crippen LogP contribution is 2.04. The maximum atomic E-state index is 11.4. The maximum Gasteiger partial charge on any atom is 0.306 e. The first-order valence-electron chi connectivity index (χ1n) is 9.98. The van der Waals surface area contributed by atoms with Crippen LogP contribution in [0.3, 0.4) is 0 Å². The minimum Gasteiger partial charge on any atom is -0.463 e. The van der Waals surface area contributed by atoms with E-state index in [1.165, 1.54) is 0 Å². The fraction of sp³-hybridized carbons (Fsp3) is 0.900. The molecule has 0 rings (SSSR count). The Hall–Kier alpha value is -1.18. The van der Waals surface area contributed by atoms with Crippen molar-refractivity contribution in [2.45, 2.75) is 91.6 Å². The van der Waals surface area contributed by atoms with Crippen molar-refractivity contribution in [2.24, 2.45) is 0 Å². The van der Waals surface area contributed by atoms with Crippen LogP contribution in [0.15, 0.2) is 0 Å². The molecular weight excluding hydrogens is 352 g/mol. The zero-order valence-corrected chi connectivity index (χ0v) is 17.8. The van der Waals surface area contributed by atoms with Crippen LogP contribution in [0.4, 0.5) is 0 Å². The van der Waals surface area contributed by atoms with Crippen molar-refractivity contribution in [3.05, 3.63) is 0 Å². The lowest BCUT2D eigenvalue weighted by Crippen LogP contribution is -2.29. The molecule has 0 spiro atoms. The van der Waals surface area contributed by atoms with Crippen LogP contribution in [0.1, 0.15) is 67.2 Å². The standard InChI is InChI=1S/C20H38O7/c1-7-9-19(21)26-13-17(5)24-11-15(3)23-12-16(4)25-14-18(6)27-20(22)10-8-2/h15-18H,7-14H2,1-6H3. The molecule has 0 aliphatic rings. The second-order valence-electron chi connectivity index (χ2n) is 6.92. The predicted molar refractivity (Wildman–Crippen MR) is 103 cm³/mol. The topological polar surface area (TPSA) is 80.3 Å². The molecule has 4 unspecified atom stereocenters. The van der Waals surface area contributed by atoms with E-state index in [2.05, 4.69) is 0 Å². The van der Waals surface area contributed by atoms with E-state index in [0.29, 0.717) is 32.7 Å². The highest BCUT2D eigenvalue weighted by atomic mass is 16.6. The van der Waals surface area contributed by atoms with Crippen LogP contribution in [0, 0.1) is 0 Å². The number of rotatable bonds is 16. The first kappa shape index (κ1) is 25.8. The summed E-state index contributed by atoms with van der Waals surface area (Å²) in [6.07, 6.45) is 1.73. The van der Waals surface area contributed by atoms with E-state index < -0.39 is 0 Å². The van der Waals surface area contributed by atoms with Gasteiger partial charge in [-0.15, -0.1) is 0 Å². The first-order chi connectivity index (χ1) is 12.8. The number of esters is 2. The number of hydrogen-bond donors (Lipinski definition) is 0. The smallest absolute Gasteiger partial charge is 0.306 e. The van der Waals surface area contributed by atoms with Crippen LogP contribution in [-0.2, 0) is 33.3 Å². The van der Waals surface area contributed by atoms with Crippen LogP contribution in [-0.4, -0.2) is 62.8 Å². The quantitative estimate of drug-likeness (QED) is 0.374. The molecular formula is C20H38O7. The summed E-state index contributed by atoms with van der Waals surface area (Å²) in [7, 11) is 0. The Balaban J connectivity index is 3.79. The van der Waals surface area contributed by atoms with E-state index in [1.807, 2.05) is 41.5 Å². The molecule has 7 nitrogen and oxygen atoms in total. The Morgan fingerprint density at radius 2 is 1.04 bits per heavy atom. The van der Waals surface area contributed by atoms with Gasteiger partial charge in [-0.05, 0) is 40.5 Å². The predicted octanol–water partition coefficient (Wildman–Crippen LogP) is 3.28. The van der Waals surface area contributed by atoms with Crippen molar-refractivity contribution in [2.75, 3.05) is 26.4 Å². The zero-order valence-electron chi connectivity index (χ0n) is 17.8. The molecule has 0 fully saturated rings. The Morgan fingerprint density at radius 1 is 0.630 bits per heavy atom. The monoisotopic (exact) mass is 390 g/mol. The Labute approximate surface area is 164 Å². The first-order valence-corrected chi connectivity index (χ1v) is 9.98. The van der Waals surface area contributed by atoms with E-state index in [-0.39, 0.29) is 43.0 Å². The summed E-state index contributed by atoms with van der Waals surface area (Å²) in [5.74, 6) is -0.393. The van der Waals surface area contributed by atoms with Gasteiger partial charge in [-0.2, -0.15) is 0 Å². The van der Waals surface area contributed by atoms with Gasteiger partial charge in [0, 0.05) is 12.8 Å². The number of carbonyl (C=O) groups is 2. The third kappa shape index (κ3) is 15.6. The molecule has 0 aliphatic carbocycles. The molecule has 0 bridgehead atoms. The van der Waals surface area contributed by atoms with Gasteiger partial charge in [-0.1, -0.05) is 13.8 Å². The van der Waals surface area contributed by atoms with Gasteiger partial charge in [0.1, 0.15) is 12.7 Å². The van der Waals surface area contributed by atoms with Gasteiger partial charge in [0.15, 0.2) is 0 Å². The summed E-state index contributed by atoms with van der Waals surface area (Å²) >= 11 is 0. The molecule has 0 aromatic carbocycles. The third-order valence-corrected chi connectivity index (χ3v) is 3.57. The number of ether oxygens (including phenoxy) is 5. The third-order valence-electron chi connectivity index (χ3n) is 3.57. The zero-order chi connectivity index (χ0) is 20.7. The lowest BCUT2D eigenvalue weighted by molar-refractivity contribution is -0.153. The lowest BCUT2D eigenvalue weighted by Gasteiger charge is -2.21. The second-order valence-corrected chi connectivity index (χ2v) is 6.92. The van der Waals surface area contributed by atoms with Gasteiger partial charge in [-0.3, -0.25) is 9.59 Å². The average molecular weight is 391 g/mol. The highest BCUT2D eigenvalue weighted by molar-refractivity contribution is 5.69. The van der Waals surface area contributed by atoms with Crippen LogP contribution >= 0.6 is 0 Å². The average Bonchev–Trinajstić information content (AvgIpc) is 2.61. The lowest BCUT2D eigenvalue weighted by atomic mass is 10.3. The van der Waals surface area contributed by atoms with Gasteiger partial charge in [0.05, 0.1) is 38.1 Å². The normalized spacial score (nSPS) is 15.6. The van der Waals surface area contributed by atoms with E-state index in [0.717, 1.165) is 12.8 Å². The van der Waals surface area contributed by atoms with Gasteiger partial charge in [0.25, 0.3) is 0 Å². The molecule has 0 amide bonds. The number of hydrogen-bond acceptors (Lipinski definition) is 7. The van der Waals surface area contributed by atoms with Crippen LogP contribution < -0.4 is 0 Å². The summed E-state index contributed by atoms with van der Waals surface area (Å²) in [4.78, 5) is 22.7. The van der Waals surface area contributed by atoms with Crippen LogP contribution in [0.2, 0.25) is 0 Å². The minimum absolute atomic E-state index is 0.107. The molecule has 0 radical (unpaired) electrons. The largest absolute Gasteiger partial charge is 0.463 e. The molecule has 27 heavy (non-hydrogen) atoms. The van der Waals surface area contributed by atoms with E-state index >= 15 is 0 Å². The fourth-order valence-electron chi connectivity index (χ4n) is 2.05. The van der Waals surface area contributed by atoms with Crippen molar-refractivity contribution in [1.82, 2.24) is 0 Å². The summed E-state index contributed by atoms with van der Waals surface area (Å²) in [6.45, 7) is 12.8. The Morgan fingerprint density at radius 3 is 1.52 bits per heavy atom. The summed E-state index contributed by atoms with van der Waals surface area (Å²) in [5.41, 5.74) is 0. The van der Waals surface area contributed by atoms with Crippen molar-refractivity contribution >= 4 is 11.9 Å². The molecule has 0 aromatic heterocycles. The van der Waals surface area contributed by atoms with Crippen molar-refractivity contribution in [3.63, 3.8) is 0 Å². The number of carbonyl (C=O) groups excluding carboxylic acids is 2. The van der Waals surface area contributed by atoms with E-state index in [1.54, 1.807) is 0 Å². The van der Waals surface area contributed by atoms with E-state index in [9.17, 15) is 9.59 Å². The fourth-order valence-corrected chi connectivity index (χ4v) is 2.05. The minimum atomic E-state index is -0.275. The molecule has 0 saturated heterocycles. The van der Waals surface area contributed by atoms with Gasteiger partial charge in [0.2, 0.25) is 0 Å². The Bertz CT molecular complexity index is 400. The molecule has 0 aromatic rings. The molecule has 4 atom stereocenters. The maximum absolute atomic E-state index is 11.4. The second kappa shape index (κ2) is 15.8. The molecule has 0 aliphatic heterocycles. The van der Waals surface area contributed by atoms with Crippen molar-refractivity contribution in [1.29, 1.82) is 0 Å². The van der Waals surface area contributed by atoms with Gasteiger partial charge in [-0.25, -0.2) is 0 Å². The highest BCUT2D eigenvalue weighted by Gasteiger charge is 2.14. The van der Waals surface area contributed by atoms with Crippen LogP contribution in [0.25, 0.3) is 0 Å². The summed E-state index contributed by atoms with van der Waals surface area (Å²) in [6, 6.07) is 0. The summed E-state index contributed by atoms with van der Waals surface area (Å²) in [5, 5.41) is 0. The molecule has 0 saturated carbocycles. The van der Waals surface area contributed by atoms with E-state index in [4.69, 9.17) is 23.7 Å². The van der Waals surface area contributed by atoms with Crippen LogP contribution in [0.5, 0.6) is 0 Å². The van der Waals surface area contributed by atoms with Crippen molar-refractivity contribution < 1.29 is 33.3 Å². The molecule has 7 heteroatoms. The Kier molecular flexibility index (Phi) is 15.1. The molecule has 0 heterocycles.